The van der Waals surface area contributed by atoms with Gasteiger partial charge in [-0.05, 0) is 35.4 Å². The van der Waals surface area contributed by atoms with Crippen LogP contribution in [0.5, 0.6) is 0 Å². The monoisotopic (exact) mass is 408 g/mol. The van der Waals surface area contributed by atoms with Crippen molar-refractivity contribution >= 4 is 21.6 Å². The van der Waals surface area contributed by atoms with Crippen LogP contribution in [-0.4, -0.2) is 32.5 Å². The summed E-state index contributed by atoms with van der Waals surface area (Å²) in [6.07, 6.45) is 1.15. The Balaban J connectivity index is 1.85. The van der Waals surface area contributed by atoms with Crippen LogP contribution < -0.4 is 4.31 Å². The molecule has 0 aliphatic heterocycles. The van der Waals surface area contributed by atoms with E-state index in [1.165, 1.54) is 11.4 Å². The Morgan fingerprint density at radius 2 is 1.21 bits per heavy atom. The van der Waals surface area contributed by atoms with Crippen LogP contribution >= 0.6 is 0 Å². The molecule has 3 aromatic rings. The highest BCUT2D eigenvalue weighted by Gasteiger charge is 2.18. The van der Waals surface area contributed by atoms with E-state index in [2.05, 4.69) is 0 Å². The van der Waals surface area contributed by atoms with Crippen molar-refractivity contribution in [1.29, 1.82) is 0 Å². The summed E-state index contributed by atoms with van der Waals surface area (Å²) >= 11 is 0. The molecule has 0 atom stereocenters. The largest absolute Gasteiger partial charge is 0.330 e. The van der Waals surface area contributed by atoms with Crippen LogP contribution in [0, 0.1) is 0 Å². The fourth-order valence-electron chi connectivity index (χ4n) is 3.00. The molecule has 0 unspecified atom stereocenters. The summed E-state index contributed by atoms with van der Waals surface area (Å²) in [5.41, 5.74) is 3.12. The number of sulfonamides is 1. The van der Waals surface area contributed by atoms with Crippen LogP contribution in [0.15, 0.2) is 84.9 Å². The van der Waals surface area contributed by atoms with Crippen molar-refractivity contribution in [3.63, 3.8) is 0 Å². The van der Waals surface area contributed by atoms with Gasteiger partial charge < -0.3 is 4.90 Å². The Morgan fingerprint density at radius 1 is 0.759 bits per heavy atom. The van der Waals surface area contributed by atoms with E-state index in [1.807, 2.05) is 60.7 Å². The van der Waals surface area contributed by atoms with Gasteiger partial charge in [-0.2, -0.15) is 0 Å². The quantitative estimate of drug-likeness (QED) is 0.595. The molecule has 29 heavy (non-hydrogen) atoms. The van der Waals surface area contributed by atoms with Crippen molar-refractivity contribution in [3.05, 3.63) is 102 Å². The van der Waals surface area contributed by atoms with Crippen molar-refractivity contribution in [2.75, 3.05) is 17.6 Å². The van der Waals surface area contributed by atoms with Gasteiger partial charge in [-0.3, -0.25) is 9.10 Å². The van der Waals surface area contributed by atoms with E-state index in [9.17, 15) is 13.2 Å². The number of carbonyl (C=O) groups is 1. The first-order valence-electron chi connectivity index (χ1n) is 9.26. The molecule has 5 nitrogen and oxygen atoms in total. The van der Waals surface area contributed by atoms with Crippen LogP contribution in [0.2, 0.25) is 0 Å². The third-order valence-corrected chi connectivity index (χ3v) is 5.90. The van der Waals surface area contributed by atoms with Gasteiger partial charge in [-0.15, -0.1) is 0 Å². The van der Waals surface area contributed by atoms with E-state index < -0.39 is 10.0 Å². The molecule has 0 saturated heterocycles. The van der Waals surface area contributed by atoms with Gasteiger partial charge in [-0.25, -0.2) is 8.42 Å². The number of hydrogen-bond donors (Lipinski definition) is 0. The number of hydrogen-bond acceptors (Lipinski definition) is 3. The first-order valence-corrected chi connectivity index (χ1v) is 11.1. The van der Waals surface area contributed by atoms with Gasteiger partial charge in [0.2, 0.25) is 10.0 Å². The molecule has 0 aliphatic rings. The first-order chi connectivity index (χ1) is 13.8. The van der Waals surface area contributed by atoms with E-state index in [1.54, 1.807) is 29.2 Å². The van der Waals surface area contributed by atoms with E-state index in [0.29, 0.717) is 24.3 Å². The minimum Gasteiger partial charge on any atom is -0.330 e. The molecule has 0 aromatic heterocycles. The SMILES string of the molecule is CN(c1ccc(C(=O)N(Cc2ccccc2)Cc2ccccc2)cc1)S(C)(=O)=O. The van der Waals surface area contributed by atoms with Gasteiger partial charge in [-0.1, -0.05) is 60.7 Å². The molecule has 0 N–H and O–H groups in total. The zero-order valence-corrected chi connectivity index (χ0v) is 17.3. The summed E-state index contributed by atoms with van der Waals surface area (Å²) in [6, 6.07) is 26.3. The second kappa shape index (κ2) is 8.92. The fourth-order valence-corrected chi connectivity index (χ4v) is 3.50. The summed E-state index contributed by atoms with van der Waals surface area (Å²) < 4.78 is 24.6. The number of benzene rings is 3. The number of nitrogens with zero attached hydrogens (tertiary/aromatic N) is 2. The van der Waals surface area contributed by atoms with Crippen molar-refractivity contribution in [2.24, 2.45) is 0 Å². The Bertz CT molecular complexity index is 1010. The van der Waals surface area contributed by atoms with E-state index >= 15 is 0 Å². The molecule has 3 rings (SSSR count). The highest BCUT2D eigenvalue weighted by molar-refractivity contribution is 7.92. The van der Waals surface area contributed by atoms with E-state index in [-0.39, 0.29) is 5.91 Å². The summed E-state index contributed by atoms with van der Waals surface area (Å²) in [5.74, 6) is -0.105. The molecular weight excluding hydrogens is 384 g/mol. The Hall–Kier alpha value is -3.12. The number of carbonyl (C=O) groups excluding carboxylic acids is 1. The molecule has 0 fully saturated rings. The fraction of sp³-hybridized carbons (Fsp3) is 0.174. The highest BCUT2D eigenvalue weighted by Crippen LogP contribution is 2.19. The molecular formula is C23H24N2O3S. The van der Waals surface area contributed by atoms with Crippen molar-refractivity contribution < 1.29 is 13.2 Å². The van der Waals surface area contributed by atoms with Crippen LogP contribution in [0.3, 0.4) is 0 Å². The topological polar surface area (TPSA) is 57.7 Å². The minimum absolute atomic E-state index is 0.105. The second-order valence-electron chi connectivity index (χ2n) is 6.91. The third kappa shape index (κ3) is 5.45. The van der Waals surface area contributed by atoms with E-state index in [4.69, 9.17) is 0 Å². The predicted molar refractivity (Wildman–Crippen MR) is 116 cm³/mol. The zero-order chi connectivity index (χ0) is 20.9. The van der Waals surface area contributed by atoms with Crippen LogP contribution in [0.1, 0.15) is 21.5 Å². The molecule has 0 bridgehead atoms. The van der Waals surface area contributed by atoms with Gasteiger partial charge in [0.05, 0.1) is 11.9 Å². The van der Waals surface area contributed by atoms with Gasteiger partial charge in [0.15, 0.2) is 0 Å². The number of rotatable bonds is 7. The average molecular weight is 409 g/mol. The lowest BCUT2D eigenvalue weighted by atomic mass is 10.1. The minimum atomic E-state index is -3.35. The van der Waals surface area contributed by atoms with Crippen LogP contribution in [0.4, 0.5) is 5.69 Å². The highest BCUT2D eigenvalue weighted by atomic mass is 32.2. The predicted octanol–water partition coefficient (Wildman–Crippen LogP) is 3.93. The second-order valence-corrected chi connectivity index (χ2v) is 8.92. The van der Waals surface area contributed by atoms with Crippen molar-refractivity contribution in [3.8, 4) is 0 Å². The zero-order valence-electron chi connectivity index (χ0n) is 16.5. The molecule has 0 aliphatic carbocycles. The Morgan fingerprint density at radius 3 is 1.62 bits per heavy atom. The molecule has 0 radical (unpaired) electrons. The smallest absolute Gasteiger partial charge is 0.254 e. The maximum atomic E-state index is 13.2. The summed E-state index contributed by atoms with van der Waals surface area (Å²) in [7, 11) is -1.86. The molecule has 0 spiro atoms. The molecule has 6 heteroatoms. The Labute approximate surface area is 172 Å². The average Bonchev–Trinajstić information content (AvgIpc) is 2.73. The van der Waals surface area contributed by atoms with Gasteiger partial charge in [0.1, 0.15) is 0 Å². The lowest BCUT2D eigenvalue weighted by Crippen LogP contribution is -2.30. The van der Waals surface area contributed by atoms with E-state index in [0.717, 1.165) is 17.4 Å². The van der Waals surface area contributed by atoms with Crippen LogP contribution in [-0.2, 0) is 23.1 Å². The maximum Gasteiger partial charge on any atom is 0.254 e. The number of amides is 1. The van der Waals surface area contributed by atoms with Crippen molar-refractivity contribution in [1.82, 2.24) is 4.90 Å². The first kappa shape index (κ1) is 20.6. The summed E-state index contributed by atoms with van der Waals surface area (Å²) in [4.78, 5) is 15.0. The molecule has 0 heterocycles. The molecule has 150 valence electrons. The number of anilines is 1. The standard InChI is InChI=1S/C23H24N2O3S/c1-24(29(2,27)28)22-15-13-21(14-16-22)23(26)25(17-19-9-5-3-6-10-19)18-20-11-7-4-8-12-20/h3-16H,17-18H2,1-2H3. The third-order valence-electron chi connectivity index (χ3n) is 4.70. The van der Waals surface area contributed by atoms with Gasteiger partial charge >= 0.3 is 0 Å². The van der Waals surface area contributed by atoms with Gasteiger partial charge in [0, 0.05) is 25.7 Å². The van der Waals surface area contributed by atoms with Crippen molar-refractivity contribution in [2.45, 2.75) is 13.1 Å². The Kier molecular flexibility index (Phi) is 6.34. The summed E-state index contributed by atoms with van der Waals surface area (Å²) in [5, 5.41) is 0. The van der Waals surface area contributed by atoms with Gasteiger partial charge in [0.25, 0.3) is 5.91 Å². The molecule has 1 amide bonds. The maximum absolute atomic E-state index is 13.2. The normalized spacial score (nSPS) is 11.1. The lowest BCUT2D eigenvalue weighted by Gasteiger charge is -2.24. The molecule has 3 aromatic carbocycles. The van der Waals surface area contributed by atoms with Crippen LogP contribution in [0.25, 0.3) is 0 Å². The summed E-state index contributed by atoms with van der Waals surface area (Å²) in [6.45, 7) is 0.971. The lowest BCUT2D eigenvalue weighted by molar-refractivity contribution is 0.0730. The molecule has 0 saturated carbocycles.